The first-order chi connectivity index (χ1) is 8.45. The molecule has 4 heteroatoms. The Kier molecular flexibility index (Phi) is 3.85. The Balaban J connectivity index is 2.07. The normalized spacial score (nSPS) is 23.0. The molecule has 18 heavy (non-hydrogen) atoms. The zero-order chi connectivity index (χ0) is 13.3. The molecule has 0 radical (unpaired) electrons. The molecule has 1 aromatic rings. The maximum atomic E-state index is 9.31. The number of rotatable bonds is 4. The van der Waals surface area contributed by atoms with Crippen LogP contribution in [-0.2, 0) is 0 Å². The van der Waals surface area contributed by atoms with Crippen molar-refractivity contribution >= 4 is 5.95 Å². The number of anilines is 1. The molecule has 2 rings (SSSR count). The van der Waals surface area contributed by atoms with Crippen LogP contribution in [0.25, 0.3) is 0 Å². The molecule has 0 atom stereocenters. The van der Waals surface area contributed by atoms with Crippen LogP contribution in [0.3, 0.4) is 0 Å². The zero-order valence-electron chi connectivity index (χ0n) is 11.7. The fraction of sp³-hybridized carbons (Fsp3) is 0.714. The van der Waals surface area contributed by atoms with Gasteiger partial charge in [-0.05, 0) is 37.7 Å². The largest absolute Gasteiger partial charge is 0.393 e. The van der Waals surface area contributed by atoms with Gasteiger partial charge in [-0.1, -0.05) is 13.8 Å². The lowest BCUT2D eigenvalue weighted by atomic mass is 9.82. The van der Waals surface area contributed by atoms with E-state index in [2.05, 4.69) is 34.8 Å². The first-order valence-corrected chi connectivity index (χ1v) is 6.70. The predicted octanol–water partition coefficient (Wildman–Crippen LogP) is 2.12. The zero-order valence-corrected chi connectivity index (χ0v) is 11.7. The van der Waals surface area contributed by atoms with Gasteiger partial charge in [-0.3, -0.25) is 0 Å². The third-order valence-corrected chi connectivity index (χ3v) is 3.54. The molecule has 0 amide bonds. The second-order valence-corrected chi connectivity index (χ2v) is 5.76. The Labute approximate surface area is 109 Å². The van der Waals surface area contributed by atoms with Crippen molar-refractivity contribution in [1.82, 2.24) is 9.97 Å². The van der Waals surface area contributed by atoms with Crippen LogP contribution in [0.1, 0.15) is 44.0 Å². The predicted molar refractivity (Wildman–Crippen MR) is 72.9 cm³/mol. The van der Waals surface area contributed by atoms with Crippen LogP contribution in [0.2, 0.25) is 0 Å². The summed E-state index contributed by atoms with van der Waals surface area (Å²) in [6.07, 6.45) is 1.73. The van der Waals surface area contributed by atoms with E-state index in [1.807, 2.05) is 14.0 Å². The number of aliphatic hydroxyl groups excluding tert-OH is 1. The molecule has 1 heterocycles. The van der Waals surface area contributed by atoms with E-state index in [1.165, 1.54) is 0 Å². The lowest BCUT2D eigenvalue weighted by molar-refractivity contribution is 0.0463. The van der Waals surface area contributed by atoms with Crippen LogP contribution < -0.4 is 4.90 Å². The van der Waals surface area contributed by atoms with Crippen LogP contribution in [0.5, 0.6) is 0 Å². The highest BCUT2D eigenvalue weighted by atomic mass is 16.3. The van der Waals surface area contributed by atoms with E-state index in [1.54, 1.807) is 0 Å². The third kappa shape index (κ3) is 2.99. The van der Waals surface area contributed by atoms with E-state index in [0.717, 1.165) is 36.7 Å². The van der Waals surface area contributed by atoms with E-state index >= 15 is 0 Å². The summed E-state index contributed by atoms with van der Waals surface area (Å²) in [7, 11) is 2.03. The number of aromatic nitrogens is 2. The van der Waals surface area contributed by atoms with Crippen LogP contribution in [0, 0.1) is 12.8 Å². The minimum atomic E-state index is -0.0898. The van der Waals surface area contributed by atoms with Gasteiger partial charge >= 0.3 is 0 Å². The summed E-state index contributed by atoms with van der Waals surface area (Å²) < 4.78 is 0. The van der Waals surface area contributed by atoms with Gasteiger partial charge in [-0.15, -0.1) is 0 Å². The highest BCUT2D eigenvalue weighted by molar-refractivity contribution is 5.32. The molecule has 4 nitrogen and oxygen atoms in total. The van der Waals surface area contributed by atoms with Gasteiger partial charge in [0.15, 0.2) is 0 Å². The molecule has 0 bridgehead atoms. The van der Waals surface area contributed by atoms with Crippen molar-refractivity contribution in [3.8, 4) is 0 Å². The Morgan fingerprint density at radius 2 is 2.06 bits per heavy atom. The van der Waals surface area contributed by atoms with Crippen molar-refractivity contribution in [3.63, 3.8) is 0 Å². The summed E-state index contributed by atoms with van der Waals surface area (Å²) >= 11 is 0. The standard InChI is InChI=1S/C14H23N3O/c1-9(2)13-5-10(3)15-14(16-13)17(4)8-11-6-12(18)7-11/h5,9,11-12,18H,6-8H2,1-4H3. The number of hydrogen-bond donors (Lipinski definition) is 1. The number of hydrogen-bond acceptors (Lipinski definition) is 4. The third-order valence-electron chi connectivity index (χ3n) is 3.54. The minimum absolute atomic E-state index is 0.0898. The molecule has 1 aliphatic rings. The van der Waals surface area contributed by atoms with Crippen molar-refractivity contribution in [2.75, 3.05) is 18.5 Å². The van der Waals surface area contributed by atoms with E-state index in [0.29, 0.717) is 11.8 Å². The van der Waals surface area contributed by atoms with Gasteiger partial charge < -0.3 is 10.0 Å². The first kappa shape index (κ1) is 13.3. The highest BCUT2D eigenvalue weighted by Gasteiger charge is 2.28. The van der Waals surface area contributed by atoms with E-state index in [-0.39, 0.29) is 6.10 Å². The first-order valence-electron chi connectivity index (χ1n) is 6.70. The maximum absolute atomic E-state index is 9.31. The van der Waals surface area contributed by atoms with Crippen LogP contribution in [0.4, 0.5) is 5.95 Å². The van der Waals surface area contributed by atoms with Crippen LogP contribution >= 0.6 is 0 Å². The molecule has 0 unspecified atom stereocenters. The molecule has 1 N–H and O–H groups in total. The van der Waals surface area contributed by atoms with Crippen molar-refractivity contribution < 1.29 is 5.11 Å². The van der Waals surface area contributed by atoms with Gasteiger partial charge in [0, 0.05) is 25.0 Å². The van der Waals surface area contributed by atoms with Gasteiger partial charge in [0.1, 0.15) is 0 Å². The maximum Gasteiger partial charge on any atom is 0.225 e. The second kappa shape index (κ2) is 5.22. The van der Waals surface area contributed by atoms with Crippen molar-refractivity contribution in [3.05, 3.63) is 17.5 Å². The molecule has 0 saturated heterocycles. The van der Waals surface area contributed by atoms with Gasteiger partial charge in [0.05, 0.1) is 6.10 Å². The van der Waals surface area contributed by atoms with E-state index in [9.17, 15) is 5.11 Å². The summed E-state index contributed by atoms with van der Waals surface area (Å²) in [5.41, 5.74) is 2.11. The molecule has 100 valence electrons. The summed E-state index contributed by atoms with van der Waals surface area (Å²) in [6.45, 7) is 7.23. The fourth-order valence-electron chi connectivity index (χ4n) is 2.36. The summed E-state index contributed by atoms with van der Waals surface area (Å²) in [6, 6.07) is 2.05. The van der Waals surface area contributed by atoms with Crippen molar-refractivity contribution in [2.45, 2.75) is 45.6 Å². The lowest BCUT2D eigenvalue weighted by Crippen LogP contribution is -2.37. The van der Waals surface area contributed by atoms with Gasteiger partial charge in [-0.25, -0.2) is 9.97 Å². The highest BCUT2D eigenvalue weighted by Crippen LogP contribution is 2.28. The molecular weight excluding hydrogens is 226 g/mol. The van der Waals surface area contributed by atoms with Gasteiger partial charge in [0.25, 0.3) is 0 Å². The Morgan fingerprint density at radius 1 is 1.39 bits per heavy atom. The Morgan fingerprint density at radius 3 is 2.61 bits per heavy atom. The van der Waals surface area contributed by atoms with Gasteiger partial charge in [0.2, 0.25) is 5.95 Å². The quantitative estimate of drug-likeness (QED) is 0.888. The lowest BCUT2D eigenvalue weighted by Gasteiger charge is -2.34. The molecule has 0 aliphatic heterocycles. The van der Waals surface area contributed by atoms with Crippen molar-refractivity contribution in [1.29, 1.82) is 0 Å². The number of aryl methyl sites for hydroxylation is 1. The SMILES string of the molecule is Cc1cc(C(C)C)nc(N(C)CC2CC(O)C2)n1. The average molecular weight is 249 g/mol. The summed E-state index contributed by atoms with van der Waals surface area (Å²) in [5.74, 6) is 1.81. The Hall–Kier alpha value is -1.16. The van der Waals surface area contributed by atoms with Crippen LogP contribution in [-0.4, -0.2) is 34.8 Å². The topological polar surface area (TPSA) is 49.2 Å². The Bertz CT molecular complexity index is 414. The van der Waals surface area contributed by atoms with Crippen molar-refractivity contribution in [2.24, 2.45) is 5.92 Å². The monoisotopic (exact) mass is 249 g/mol. The minimum Gasteiger partial charge on any atom is -0.393 e. The van der Waals surface area contributed by atoms with E-state index in [4.69, 9.17) is 0 Å². The van der Waals surface area contributed by atoms with Crippen LogP contribution in [0.15, 0.2) is 6.07 Å². The summed E-state index contributed by atoms with van der Waals surface area (Å²) in [4.78, 5) is 11.2. The number of aliphatic hydroxyl groups is 1. The molecule has 1 aromatic heterocycles. The fourth-order valence-corrected chi connectivity index (χ4v) is 2.36. The molecule has 1 fully saturated rings. The molecule has 1 saturated carbocycles. The second-order valence-electron chi connectivity index (χ2n) is 5.76. The van der Waals surface area contributed by atoms with E-state index < -0.39 is 0 Å². The van der Waals surface area contributed by atoms with Gasteiger partial charge in [-0.2, -0.15) is 0 Å². The molecular formula is C14H23N3O. The average Bonchev–Trinajstić information content (AvgIpc) is 2.26. The molecule has 1 aliphatic carbocycles. The number of nitrogens with zero attached hydrogens (tertiary/aromatic N) is 3. The molecule has 0 spiro atoms. The summed E-state index contributed by atoms with van der Waals surface area (Å²) in [5, 5.41) is 9.31. The molecule has 0 aromatic carbocycles. The smallest absolute Gasteiger partial charge is 0.225 e.